The van der Waals surface area contributed by atoms with E-state index in [2.05, 4.69) is 12.2 Å². The molecule has 3 nitrogen and oxygen atoms in total. The fraction of sp³-hybridized carbons (Fsp3) is 0.900. The molecule has 3 heteroatoms. The summed E-state index contributed by atoms with van der Waals surface area (Å²) in [4.78, 5) is 11.4. The number of hydrogen-bond acceptors (Lipinski definition) is 2. The van der Waals surface area contributed by atoms with Crippen molar-refractivity contribution in [2.24, 2.45) is 17.8 Å². The van der Waals surface area contributed by atoms with Gasteiger partial charge in [-0.2, -0.15) is 0 Å². The lowest BCUT2D eigenvalue weighted by atomic mass is 10.1. The Morgan fingerprint density at radius 2 is 2.38 bits per heavy atom. The molecule has 1 heterocycles. The third-order valence-corrected chi connectivity index (χ3v) is 3.04. The van der Waals surface area contributed by atoms with E-state index in [1.807, 2.05) is 0 Å². The van der Waals surface area contributed by atoms with Gasteiger partial charge in [-0.15, -0.1) is 0 Å². The summed E-state index contributed by atoms with van der Waals surface area (Å²) in [6.45, 7) is 4.62. The zero-order valence-corrected chi connectivity index (χ0v) is 8.08. The number of ether oxygens (including phenoxy) is 1. The summed E-state index contributed by atoms with van der Waals surface area (Å²) < 4.78 is 5.24. The van der Waals surface area contributed by atoms with Gasteiger partial charge in [-0.1, -0.05) is 6.92 Å². The first kappa shape index (κ1) is 9.00. The van der Waals surface area contributed by atoms with Crippen LogP contribution in [0.3, 0.4) is 0 Å². The molecular formula is C10H17NO2. The normalized spacial score (nSPS) is 37.5. The molecule has 1 aliphatic carbocycles. The Balaban J connectivity index is 1.64. The van der Waals surface area contributed by atoms with E-state index in [4.69, 9.17) is 4.74 Å². The molecule has 0 bridgehead atoms. The second-order valence-corrected chi connectivity index (χ2v) is 4.29. The van der Waals surface area contributed by atoms with Gasteiger partial charge in [-0.3, -0.25) is 4.79 Å². The quantitative estimate of drug-likeness (QED) is 0.702. The number of carbonyl (C=O) groups is 1. The van der Waals surface area contributed by atoms with Crippen LogP contribution in [0.5, 0.6) is 0 Å². The van der Waals surface area contributed by atoms with Crippen molar-refractivity contribution in [2.45, 2.75) is 19.8 Å². The molecule has 1 saturated carbocycles. The summed E-state index contributed by atoms with van der Waals surface area (Å²) in [6.07, 6.45) is 2.17. The maximum Gasteiger partial charge on any atom is 0.223 e. The molecule has 2 aliphatic rings. The highest BCUT2D eigenvalue weighted by Gasteiger charge is 2.39. The molecule has 0 radical (unpaired) electrons. The number of carbonyl (C=O) groups excluding carboxylic acids is 1. The Bertz CT molecular complexity index is 199. The topological polar surface area (TPSA) is 38.3 Å². The van der Waals surface area contributed by atoms with Crippen LogP contribution in [-0.2, 0) is 9.53 Å². The van der Waals surface area contributed by atoms with E-state index >= 15 is 0 Å². The molecule has 1 N–H and O–H groups in total. The van der Waals surface area contributed by atoms with Crippen molar-refractivity contribution in [3.8, 4) is 0 Å². The van der Waals surface area contributed by atoms with E-state index in [1.54, 1.807) is 0 Å². The fourth-order valence-corrected chi connectivity index (χ4v) is 1.81. The van der Waals surface area contributed by atoms with Crippen molar-refractivity contribution in [2.75, 3.05) is 19.8 Å². The highest BCUT2D eigenvalue weighted by Crippen LogP contribution is 2.37. The molecule has 2 fully saturated rings. The van der Waals surface area contributed by atoms with Crippen LogP contribution in [0.1, 0.15) is 19.8 Å². The standard InChI is InChI=1S/C10H17NO2/c1-7-4-9(7)10(12)11-5-8-2-3-13-6-8/h7-9H,2-6H2,1H3,(H,11,12)/t7-,8?,9-/m1/s1. The van der Waals surface area contributed by atoms with E-state index in [0.29, 0.717) is 17.8 Å². The van der Waals surface area contributed by atoms with E-state index in [-0.39, 0.29) is 5.91 Å². The van der Waals surface area contributed by atoms with Gasteiger partial charge in [-0.25, -0.2) is 0 Å². The molecule has 1 saturated heterocycles. The van der Waals surface area contributed by atoms with Crippen molar-refractivity contribution >= 4 is 5.91 Å². The predicted octanol–water partition coefficient (Wildman–Crippen LogP) is 0.795. The lowest BCUT2D eigenvalue weighted by Gasteiger charge is -2.08. The van der Waals surface area contributed by atoms with E-state index < -0.39 is 0 Å². The summed E-state index contributed by atoms with van der Waals surface area (Å²) in [5.41, 5.74) is 0. The highest BCUT2D eigenvalue weighted by molar-refractivity contribution is 5.81. The van der Waals surface area contributed by atoms with Crippen LogP contribution in [0, 0.1) is 17.8 Å². The van der Waals surface area contributed by atoms with Crippen molar-refractivity contribution in [1.29, 1.82) is 0 Å². The fourth-order valence-electron chi connectivity index (χ4n) is 1.81. The second-order valence-electron chi connectivity index (χ2n) is 4.29. The lowest BCUT2D eigenvalue weighted by Crippen LogP contribution is -2.30. The van der Waals surface area contributed by atoms with E-state index in [0.717, 1.165) is 32.6 Å². The predicted molar refractivity (Wildman–Crippen MR) is 49.2 cm³/mol. The Kier molecular flexibility index (Phi) is 2.54. The SMILES string of the molecule is C[C@@H]1C[C@H]1C(=O)NCC1CCOC1. The van der Waals surface area contributed by atoms with Gasteiger partial charge in [0.2, 0.25) is 5.91 Å². The molecule has 1 aliphatic heterocycles. The van der Waals surface area contributed by atoms with Crippen molar-refractivity contribution in [3.63, 3.8) is 0 Å². The molecule has 3 atom stereocenters. The van der Waals surface area contributed by atoms with E-state index in [1.165, 1.54) is 0 Å². The maximum absolute atomic E-state index is 11.4. The van der Waals surface area contributed by atoms with Crippen LogP contribution >= 0.6 is 0 Å². The van der Waals surface area contributed by atoms with Crippen LogP contribution in [0.2, 0.25) is 0 Å². The van der Waals surface area contributed by atoms with Gasteiger partial charge in [0.15, 0.2) is 0 Å². The van der Waals surface area contributed by atoms with Gasteiger partial charge >= 0.3 is 0 Å². The largest absolute Gasteiger partial charge is 0.381 e. The van der Waals surface area contributed by atoms with Gasteiger partial charge in [0.25, 0.3) is 0 Å². The Morgan fingerprint density at radius 1 is 1.62 bits per heavy atom. The monoisotopic (exact) mass is 183 g/mol. The molecule has 74 valence electrons. The lowest BCUT2D eigenvalue weighted by molar-refractivity contribution is -0.122. The van der Waals surface area contributed by atoms with Crippen molar-refractivity contribution in [3.05, 3.63) is 0 Å². The van der Waals surface area contributed by atoms with Gasteiger partial charge in [-0.05, 0) is 18.8 Å². The molecule has 1 unspecified atom stereocenters. The summed E-state index contributed by atoms with van der Waals surface area (Å²) >= 11 is 0. The number of rotatable bonds is 3. The first-order valence-electron chi connectivity index (χ1n) is 5.13. The van der Waals surface area contributed by atoms with Gasteiger partial charge < -0.3 is 10.1 Å². The summed E-state index contributed by atoms with van der Waals surface area (Å²) in [5, 5.41) is 3.00. The van der Waals surface area contributed by atoms with Crippen LogP contribution in [0.15, 0.2) is 0 Å². The average molecular weight is 183 g/mol. The smallest absolute Gasteiger partial charge is 0.223 e. The highest BCUT2D eigenvalue weighted by atomic mass is 16.5. The second kappa shape index (κ2) is 3.66. The molecule has 13 heavy (non-hydrogen) atoms. The van der Waals surface area contributed by atoms with Gasteiger partial charge in [0.1, 0.15) is 0 Å². The zero-order chi connectivity index (χ0) is 9.26. The molecule has 2 rings (SSSR count). The Labute approximate surface area is 78.8 Å². The molecule has 0 spiro atoms. The van der Waals surface area contributed by atoms with Crippen molar-refractivity contribution < 1.29 is 9.53 Å². The molecule has 0 aromatic heterocycles. The average Bonchev–Trinajstić information content (AvgIpc) is 2.68. The molecule has 1 amide bonds. The minimum absolute atomic E-state index is 0.249. The minimum atomic E-state index is 0.249. The summed E-state index contributed by atoms with van der Waals surface area (Å²) in [7, 11) is 0. The summed E-state index contributed by atoms with van der Waals surface area (Å²) in [5.74, 6) is 1.72. The van der Waals surface area contributed by atoms with Crippen LogP contribution in [-0.4, -0.2) is 25.7 Å². The third kappa shape index (κ3) is 2.21. The van der Waals surface area contributed by atoms with E-state index in [9.17, 15) is 4.79 Å². The van der Waals surface area contributed by atoms with Gasteiger partial charge in [0.05, 0.1) is 6.61 Å². The van der Waals surface area contributed by atoms with Crippen LogP contribution in [0.4, 0.5) is 0 Å². The molecule has 0 aromatic carbocycles. The first-order valence-corrected chi connectivity index (χ1v) is 5.13. The third-order valence-electron chi connectivity index (χ3n) is 3.04. The molecule has 0 aromatic rings. The Morgan fingerprint density at radius 3 is 2.92 bits per heavy atom. The molecular weight excluding hydrogens is 166 g/mol. The maximum atomic E-state index is 11.4. The van der Waals surface area contributed by atoms with Crippen molar-refractivity contribution in [1.82, 2.24) is 5.32 Å². The van der Waals surface area contributed by atoms with Gasteiger partial charge in [0, 0.05) is 25.0 Å². The van der Waals surface area contributed by atoms with Crippen LogP contribution in [0.25, 0.3) is 0 Å². The first-order chi connectivity index (χ1) is 6.27. The number of amides is 1. The minimum Gasteiger partial charge on any atom is -0.381 e. The van der Waals surface area contributed by atoms with Crippen LogP contribution < -0.4 is 5.32 Å². The summed E-state index contributed by atoms with van der Waals surface area (Å²) in [6, 6.07) is 0. The zero-order valence-electron chi connectivity index (χ0n) is 8.08. The Hall–Kier alpha value is -0.570. The number of hydrogen-bond donors (Lipinski definition) is 1. The number of nitrogens with one attached hydrogen (secondary N) is 1.